The molecule has 0 spiro atoms. The third-order valence-corrected chi connectivity index (χ3v) is 5.43. The highest BCUT2D eigenvalue weighted by Gasteiger charge is 2.14. The summed E-state index contributed by atoms with van der Waals surface area (Å²) in [7, 11) is -2.00. The van der Waals surface area contributed by atoms with Gasteiger partial charge in [-0.05, 0) is 59.7 Å². The van der Waals surface area contributed by atoms with E-state index < -0.39 is 10.0 Å². The molecule has 0 saturated heterocycles. The molecular formula is C20H21NO4S. The molecule has 0 heterocycles. The average molecular weight is 371 g/mol. The van der Waals surface area contributed by atoms with Crippen molar-refractivity contribution in [2.75, 3.05) is 13.7 Å². The van der Waals surface area contributed by atoms with Crippen LogP contribution in [0.5, 0.6) is 11.5 Å². The fourth-order valence-corrected chi connectivity index (χ4v) is 3.68. The summed E-state index contributed by atoms with van der Waals surface area (Å²) in [6.07, 6.45) is 0. The van der Waals surface area contributed by atoms with Crippen LogP contribution < -0.4 is 14.2 Å². The van der Waals surface area contributed by atoms with Crippen molar-refractivity contribution in [3.63, 3.8) is 0 Å². The van der Waals surface area contributed by atoms with Gasteiger partial charge in [0.1, 0.15) is 11.5 Å². The summed E-state index contributed by atoms with van der Waals surface area (Å²) >= 11 is 0. The van der Waals surface area contributed by atoms with Gasteiger partial charge in [0.2, 0.25) is 10.0 Å². The molecule has 0 aliphatic carbocycles. The summed E-state index contributed by atoms with van der Waals surface area (Å²) in [5, 5.41) is 1.77. The summed E-state index contributed by atoms with van der Waals surface area (Å²) in [6.45, 7) is 2.73. The van der Waals surface area contributed by atoms with E-state index in [2.05, 4.69) is 4.72 Å². The lowest BCUT2D eigenvalue weighted by atomic mass is 10.1. The van der Waals surface area contributed by atoms with Crippen LogP contribution in [0.15, 0.2) is 65.6 Å². The molecule has 0 amide bonds. The quantitative estimate of drug-likeness (QED) is 0.687. The van der Waals surface area contributed by atoms with Gasteiger partial charge in [-0.2, -0.15) is 0 Å². The first-order valence-electron chi connectivity index (χ1n) is 8.31. The van der Waals surface area contributed by atoms with E-state index >= 15 is 0 Å². The number of hydrogen-bond acceptors (Lipinski definition) is 4. The largest absolute Gasteiger partial charge is 0.497 e. The molecule has 136 valence electrons. The molecule has 0 radical (unpaired) electrons. The standard InChI is InChI=1S/C20H21NO4S/c1-3-25-18-8-4-15(5-9-18)14-21-26(22,23)20-11-7-16-12-19(24-2)10-6-17(16)13-20/h4-13,21H,3,14H2,1-2H3. The van der Waals surface area contributed by atoms with Crippen molar-refractivity contribution in [1.29, 1.82) is 0 Å². The maximum atomic E-state index is 12.6. The second-order valence-electron chi connectivity index (χ2n) is 5.78. The first kappa shape index (κ1) is 18.2. The maximum Gasteiger partial charge on any atom is 0.240 e. The highest BCUT2D eigenvalue weighted by molar-refractivity contribution is 7.89. The molecule has 5 nitrogen and oxygen atoms in total. The Morgan fingerprint density at radius 3 is 2.23 bits per heavy atom. The summed E-state index contributed by atoms with van der Waals surface area (Å²) < 4.78 is 38.4. The molecule has 1 N–H and O–H groups in total. The lowest BCUT2D eigenvalue weighted by Crippen LogP contribution is -2.23. The first-order chi connectivity index (χ1) is 12.5. The molecule has 0 bridgehead atoms. The monoisotopic (exact) mass is 371 g/mol. The zero-order chi connectivity index (χ0) is 18.6. The van der Waals surface area contributed by atoms with E-state index in [1.807, 2.05) is 49.4 Å². The Morgan fingerprint density at radius 1 is 0.885 bits per heavy atom. The third-order valence-electron chi connectivity index (χ3n) is 4.03. The fraction of sp³-hybridized carbons (Fsp3) is 0.200. The van der Waals surface area contributed by atoms with Crippen LogP contribution in [-0.4, -0.2) is 22.1 Å². The predicted octanol–water partition coefficient (Wildman–Crippen LogP) is 3.73. The smallest absolute Gasteiger partial charge is 0.240 e. The average Bonchev–Trinajstić information content (AvgIpc) is 2.67. The zero-order valence-electron chi connectivity index (χ0n) is 14.7. The van der Waals surface area contributed by atoms with Gasteiger partial charge in [-0.3, -0.25) is 0 Å². The Balaban J connectivity index is 1.76. The normalized spacial score (nSPS) is 11.5. The van der Waals surface area contributed by atoms with Gasteiger partial charge in [-0.1, -0.05) is 24.3 Å². The van der Waals surface area contributed by atoms with Crippen molar-refractivity contribution in [2.24, 2.45) is 0 Å². The molecule has 0 aliphatic heterocycles. The SMILES string of the molecule is CCOc1ccc(CNS(=O)(=O)c2ccc3cc(OC)ccc3c2)cc1. The van der Waals surface area contributed by atoms with E-state index in [9.17, 15) is 8.42 Å². The molecule has 0 aromatic heterocycles. The number of fused-ring (bicyclic) bond motifs is 1. The summed E-state index contributed by atoms with van der Waals surface area (Å²) in [6, 6.07) is 17.9. The van der Waals surface area contributed by atoms with Crippen LogP contribution in [0.3, 0.4) is 0 Å². The molecule has 3 aromatic carbocycles. The fourth-order valence-electron chi connectivity index (χ4n) is 2.63. The minimum absolute atomic E-state index is 0.218. The molecule has 0 saturated carbocycles. The van der Waals surface area contributed by atoms with Gasteiger partial charge in [0.25, 0.3) is 0 Å². The Labute approximate surface area is 153 Å². The van der Waals surface area contributed by atoms with Crippen molar-refractivity contribution in [1.82, 2.24) is 4.72 Å². The first-order valence-corrected chi connectivity index (χ1v) is 9.79. The van der Waals surface area contributed by atoms with E-state index in [1.165, 1.54) is 0 Å². The van der Waals surface area contributed by atoms with Gasteiger partial charge >= 0.3 is 0 Å². The van der Waals surface area contributed by atoms with Crippen molar-refractivity contribution >= 4 is 20.8 Å². The lowest BCUT2D eigenvalue weighted by molar-refractivity contribution is 0.340. The number of rotatable bonds is 7. The van der Waals surface area contributed by atoms with Crippen molar-refractivity contribution in [3.8, 4) is 11.5 Å². The molecule has 3 rings (SSSR count). The molecule has 26 heavy (non-hydrogen) atoms. The summed E-state index contributed by atoms with van der Waals surface area (Å²) in [5.41, 5.74) is 0.863. The van der Waals surface area contributed by atoms with Crippen molar-refractivity contribution in [3.05, 3.63) is 66.2 Å². The Hall–Kier alpha value is -2.57. The molecule has 0 fully saturated rings. The molecule has 0 unspecified atom stereocenters. The Morgan fingerprint density at radius 2 is 1.54 bits per heavy atom. The molecule has 0 atom stereocenters. The van der Waals surface area contributed by atoms with Gasteiger partial charge in [0.15, 0.2) is 0 Å². The predicted molar refractivity (Wildman–Crippen MR) is 102 cm³/mol. The number of sulfonamides is 1. The van der Waals surface area contributed by atoms with Gasteiger partial charge < -0.3 is 9.47 Å². The second kappa shape index (κ2) is 7.76. The van der Waals surface area contributed by atoms with Crippen molar-refractivity contribution in [2.45, 2.75) is 18.4 Å². The van der Waals surface area contributed by atoms with Crippen LogP contribution in [-0.2, 0) is 16.6 Å². The highest BCUT2D eigenvalue weighted by Crippen LogP contribution is 2.23. The number of ether oxygens (including phenoxy) is 2. The van der Waals surface area contributed by atoms with E-state index in [4.69, 9.17) is 9.47 Å². The van der Waals surface area contributed by atoms with Crippen LogP contribution >= 0.6 is 0 Å². The molecular weight excluding hydrogens is 350 g/mol. The zero-order valence-corrected chi connectivity index (χ0v) is 15.5. The molecule has 6 heteroatoms. The third kappa shape index (κ3) is 4.15. The van der Waals surface area contributed by atoms with Crippen molar-refractivity contribution < 1.29 is 17.9 Å². The number of nitrogens with one attached hydrogen (secondary N) is 1. The minimum atomic E-state index is -3.60. The van der Waals surface area contributed by atoms with Crippen LogP contribution in [0.2, 0.25) is 0 Å². The van der Waals surface area contributed by atoms with Gasteiger partial charge in [0, 0.05) is 6.54 Å². The number of benzene rings is 3. The van der Waals surface area contributed by atoms with E-state index in [-0.39, 0.29) is 11.4 Å². The van der Waals surface area contributed by atoms with Gasteiger partial charge in [-0.15, -0.1) is 0 Å². The van der Waals surface area contributed by atoms with Gasteiger partial charge in [0.05, 0.1) is 18.6 Å². The highest BCUT2D eigenvalue weighted by atomic mass is 32.2. The lowest BCUT2D eigenvalue weighted by Gasteiger charge is -2.09. The summed E-state index contributed by atoms with van der Waals surface area (Å²) in [5.74, 6) is 1.51. The van der Waals surface area contributed by atoms with Crippen LogP contribution in [0.4, 0.5) is 0 Å². The summed E-state index contributed by atoms with van der Waals surface area (Å²) in [4.78, 5) is 0.237. The Kier molecular flexibility index (Phi) is 5.44. The minimum Gasteiger partial charge on any atom is -0.497 e. The number of hydrogen-bond donors (Lipinski definition) is 1. The topological polar surface area (TPSA) is 64.6 Å². The second-order valence-corrected chi connectivity index (χ2v) is 7.54. The van der Waals surface area contributed by atoms with E-state index in [0.29, 0.717) is 6.61 Å². The molecule has 0 aliphatic rings. The van der Waals surface area contributed by atoms with E-state index in [1.54, 1.807) is 25.3 Å². The molecule has 3 aromatic rings. The van der Waals surface area contributed by atoms with Crippen LogP contribution in [0.1, 0.15) is 12.5 Å². The Bertz CT molecular complexity index is 998. The maximum absolute atomic E-state index is 12.6. The number of methoxy groups -OCH3 is 1. The van der Waals surface area contributed by atoms with Crippen LogP contribution in [0, 0.1) is 0 Å². The van der Waals surface area contributed by atoms with E-state index in [0.717, 1.165) is 27.8 Å². The van der Waals surface area contributed by atoms with Crippen LogP contribution in [0.25, 0.3) is 10.8 Å². The van der Waals surface area contributed by atoms with Gasteiger partial charge in [-0.25, -0.2) is 13.1 Å².